The number of para-hydroxylation sites is 1. The van der Waals surface area contributed by atoms with Crippen molar-refractivity contribution in [3.05, 3.63) is 64.7 Å². The third-order valence-electron chi connectivity index (χ3n) is 5.23. The third kappa shape index (κ3) is 5.76. The van der Waals surface area contributed by atoms with E-state index < -0.39 is 0 Å². The maximum atomic E-state index is 12.6. The number of amides is 2. The highest BCUT2D eigenvalue weighted by molar-refractivity contribution is 6.05. The molecule has 2 amide bonds. The van der Waals surface area contributed by atoms with Crippen LogP contribution in [-0.2, 0) is 9.53 Å². The van der Waals surface area contributed by atoms with E-state index in [4.69, 9.17) is 4.74 Å². The fourth-order valence-corrected chi connectivity index (χ4v) is 3.51. The van der Waals surface area contributed by atoms with Gasteiger partial charge in [0.2, 0.25) is 5.91 Å². The molecule has 1 aliphatic rings. The van der Waals surface area contributed by atoms with Crippen molar-refractivity contribution in [1.82, 2.24) is 5.32 Å². The summed E-state index contributed by atoms with van der Waals surface area (Å²) in [6, 6.07) is 12.6. The number of Topliss-reactive ketones (excluding diaryl/α,β-unsaturated/α-hetero) is 1. The monoisotopic (exact) mass is 408 g/mol. The number of hydrogen-bond acceptors (Lipinski definition) is 4. The van der Waals surface area contributed by atoms with Gasteiger partial charge >= 0.3 is 0 Å². The lowest BCUT2D eigenvalue weighted by Crippen LogP contribution is -2.32. The predicted octanol–water partition coefficient (Wildman–Crippen LogP) is 3.81. The van der Waals surface area contributed by atoms with Gasteiger partial charge in [-0.2, -0.15) is 0 Å². The maximum absolute atomic E-state index is 12.6. The van der Waals surface area contributed by atoms with Crippen LogP contribution in [0.2, 0.25) is 0 Å². The normalized spacial score (nSPS) is 15.6. The second-order valence-electron chi connectivity index (χ2n) is 7.68. The quantitative estimate of drug-likeness (QED) is 0.651. The van der Waals surface area contributed by atoms with Gasteiger partial charge in [-0.25, -0.2) is 0 Å². The first-order valence-electron chi connectivity index (χ1n) is 10.3. The van der Waals surface area contributed by atoms with Gasteiger partial charge in [-0.3, -0.25) is 14.4 Å². The molecular formula is C24H28N2O4. The highest BCUT2D eigenvalue weighted by Crippen LogP contribution is 2.18. The molecule has 2 aromatic carbocycles. The van der Waals surface area contributed by atoms with Crippen LogP contribution in [0.4, 0.5) is 5.69 Å². The summed E-state index contributed by atoms with van der Waals surface area (Å²) in [5.41, 5.74) is 3.39. The molecule has 0 saturated carbocycles. The van der Waals surface area contributed by atoms with Gasteiger partial charge in [0.1, 0.15) is 0 Å². The Bertz CT molecular complexity index is 933. The first-order valence-corrected chi connectivity index (χ1v) is 10.3. The van der Waals surface area contributed by atoms with E-state index in [0.717, 1.165) is 30.6 Å². The number of aryl methyl sites for hydroxylation is 2. The smallest absolute Gasteiger partial charge is 0.253 e. The summed E-state index contributed by atoms with van der Waals surface area (Å²) in [5.74, 6) is -0.616. The standard InChI is InChI=1S/C24H28N2O4/c1-16-9-10-17(2)20(14-16)22(27)11-12-23(28)26-21-8-4-3-7-19(21)24(29)25-15-18-6-5-13-30-18/h3-4,7-10,14,18H,5-6,11-13,15H2,1-2H3,(H,25,29)(H,26,28). The Labute approximate surface area is 177 Å². The zero-order valence-corrected chi connectivity index (χ0v) is 17.5. The van der Waals surface area contributed by atoms with E-state index in [1.165, 1.54) is 0 Å². The number of carbonyl (C=O) groups is 3. The first-order chi connectivity index (χ1) is 14.4. The number of ether oxygens (including phenoxy) is 1. The van der Waals surface area contributed by atoms with Crippen molar-refractivity contribution in [1.29, 1.82) is 0 Å². The topological polar surface area (TPSA) is 84.5 Å². The van der Waals surface area contributed by atoms with Crippen LogP contribution in [0.25, 0.3) is 0 Å². The predicted molar refractivity (Wildman–Crippen MR) is 116 cm³/mol. The van der Waals surface area contributed by atoms with Gasteiger partial charge in [0.05, 0.1) is 17.4 Å². The van der Waals surface area contributed by atoms with E-state index in [9.17, 15) is 14.4 Å². The third-order valence-corrected chi connectivity index (χ3v) is 5.23. The highest BCUT2D eigenvalue weighted by atomic mass is 16.5. The average Bonchev–Trinajstić information content (AvgIpc) is 3.26. The van der Waals surface area contributed by atoms with Crippen LogP contribution in [-0.4, -0.2) is 36.9 Å². The molecule has 158 valence electrons. The lowest BCUT2D eigenvalue weighted by Gasteiger charge is -2.14. The van der Waals surface area contributed by atoms with E-state index >= 15 is 0 Å². The molecule has 1 atom stereocenters. The summed E-state index contributed by atoms with van der Waals surface area (Å²) in [4.78, 5) is 37.5. The zero-order valence-electron chi connectivity index (χ0n) is 17.5. The minimum Gasteiger partial charge on any atom is -0.376 e. The molecule has 0 spiro atoms. The molecule has 0 bridgehead atoms. The Morgan fingerprint density at radius 1 is 1.03 bits per heavy atom. The Hall–Kier alpha value is -2.99. The summed E-state index contributed by atoms with van der Waals surface area (Å²) >= 11 is 0. The summed E-state index contributed by atoms with van der Waals surface area (Å²) in [6.07, 6.45) is 2.16. The lowest BCUT2D eigenvalue weighted by molar-refractivity contribution is -0.116. The van der Waals surface area contributed by atoms with Crippen LogP contribution in [0.1, 0.15) is 57.5 Å². The number of hydrogen-bond donors (Lipinski definition) is 2. The maximum Gasteiger partial charge on any atom is 0.253 e. The van der Waals surface area contributed by atoms with Gasteiger partial charge in [-0.15, -0.1) is 0 Å². The number of ketones is 1. The fourth-order valence-electron chi connectivity index (χ4n) is 3.51. The van der Waals surface area contributed by atoms with Crippen molar-refractivity contribution >= 4 is 23.3 Å². The van der Waals surface area contributed by atoms with Crippen molar-refractivity contribution in [2.24, 2.45) is 0 Å². The Kier molecular flexibility index (Phi) is 7.36. The molecular weight excluding hydrogens is 380 g/mol. The van der Waals surface area contributed by atoms with Crippen LogP contribution in [0.15, 0.2) is 42.5 Å². The molecule has 0 aliphatic carbocycles. The number of benzene rings is 2. The van der Waals surface area contributed by atoms with E-state index in [2.05, 4.69) is 10.6 Å². The molecule has 3 rings (SSSR count). The van der Waals surface area contributed by atoms with E-state index in [1.54, 1.807) is 24.3 Å². The SMILES string of the molecule is Cc1ccc(C)c(C(=O)CCC(=O)Nc2ccccc2C(=O)NCC2CCCO2)c1. The van der Waals surface area contributed by atoms with Crippen molar-refractivity contribution < 1.29 is 19.1 Å². The zero-order chi connectivity index (χ0) is 21.5. The molecule has 0 radical (unpaired) electrons. The van der Waals surface area contributed by atoms with Crippen LogP contribution < -0.4 is 10.6 Å². The first kappa shape index (κ1) is 21.7. The van der Waals surface area contributed by atoms with Gasteiger partial charge in [-0.1, -0.05) is 29.8 Å². The van der Waals surface area contributed by atoms with Gasteiger partial charge in [0, 0.05) is 31.6 Å². The minimum atomic E-state index is -0.298. The van der Waals surface area contributed by atoms with Gasteiger partial charge in [0.25, 0.3) is 5.91 Å². The summed E-state index contributed by atoms with van der Waals surface area (Å²) in [5, 5.41) is 5.64. The summed E-state index contributed by atoms with van der Waals surface area (Å²) in [7, 11) is 0. The summed E-state index contributed by atoms with van der Waals surface area (Å²) < 4.78 is 5.52. The van der Waals surface area contributed by atoms with Crippen LogP contribution >= 0.6 is 0 Å². The van der Waals surface area contributed by atoms with Crippen molar-refractivity contribution in [3.63, 3.8) is 0 Å². The van der Waals surface area contributed by atoms with E-state index in [-0.39, 0.29) is 36.5 Å². The Balaban J connectivity index is 1.56. The highest BCUT2D eigenvalue weighted by Gasteiger charge is 2.19. The molecule has 1 unspecified atom stereocenters. The molecule has 1 heterocycles. The molecule has 6 heteroatoms. The molecule has 1 saturated heterocycles. The largest absolute Gasteiger partial charge is 0.376 e. The molecule has 2 N–H and O–H groups in total. The Morgan fingerprint density at radius 2 is 1.83 bits per heavy atom. The number of carbonyl (C=O) groups excluding carboxylic acids is 3. The van der Waals surface area contributed by atoms with Crippen molar-refractivity contribution in [3.8, 4) is 0 Å². The van der Waals surface area contributed by atoms with E-state index in [0.29, 0.717) is 23.4 Å². The molecule has 1 fully saturated rings. The number of rotatable bonds is 8. The molecule has 30 heavy (non-hydrogen) atoms. The second-order valence-corrected chi connectivity index (χ2v) is 7.68. The molecule has 6 nitrogen and oxygen atoms in total. The van der Waals surface area contributed by atoms with E-state index in [1.807, 2.05) is 32.0 Å². The van der Waals surface area contributed by atoms with Crippen LogP contribution in [0.5, 0.6) is 0 Å². The lowest BCUT2D eigenvalue weighted by atomic mass is 9.99. The van der Waals surface area contributed by atoms with Gasteiger partial charge in [-0.05, 0) is 50.5 Å². The van der Waals surface area contributed by atoms with Crippen molar-refractivity contribution in [2.45, 2.75) is 45.6 Å². The van der Waals surface area contributed by atoms with Crippen LogP contribution in [0, 0.1) is 13.8 Å². The summed E-state index contributed by atoms with van der Waals surface area (Å²) in [6.45, 7) is 5.00. The molecule has 0 aromatic heterocycles. The number of anilines is 1. The van der Waals surface area contributed by atoms with Crippen molar-refractivity contribution in [2.75, 3.05) is 18.5 Å². The molecule has 2 aromatic rings. The van der Waals surface area contributed by atoms with Gasteiger partial charge < -0.3 is 15.4 Å². The average molecular weight is 408 g/mol. The van der Waals surface area contributed by atoms with Crippen LogP contribution in [0.3, 0.4) is 0 Å². The minimum absolute atomic E-state index is 0.0480. The second kappa shape index (κ2) is 10.2. The molecule has 1 aliphatic heterocycles. The van der Waals surface area contributed by atoms with Gasteiger partial charge in [0.15, 0.2) is 5.78 Å². The Morgan fingerprint density at radius 3 is 2.60 bits per heavy atom. The number of nitrogens with one attached hydrogen (secondary N) is 2. The fraction of sp³-hybridized carbons (Fsp3) is 0.375.